The molecule has 0 saturated carbocycles. The molecule has 13 heteroatoms. The fourth-order valence-electron chi connectivity index (χ4n) is 1.07. The highest BCUT2D eigenvalue weighted by Crippen LogP contribution is 1.93. The average Bonchev–Trinajstić information content (AvgIpc) is 2.56. The number of carboxylic acids is 2. The van der Waals surface area contributed by atoms with E-state index in [9.17, 15) is 19.2 Å². The first kappa shape index (κ1) is 28.5. The van der Waals surface area contributed by atoms with Gasteiger partial charge >= 0.3 is 11.9 Å². The second kappa shape index (κ2) is 17.5. The van der Waals surface area contributed by atoms with Crippen LogP contribution in [0.4, 0.5) is 0 Å². The van der Waals surface area contributed by atoms with E-state index < -0.39 is 36.7 Å². The Labute approximate surface area is 150 Å². The topological polar surface area (TPSA) is 235 Å². The lowest BCUT2D eigenvalue weighted by Crippen LogP contribution is -2.46. The van der Waals surface area contributed by atoms with Crippen LogP contribution in [0.25, 0.3) is 0 Å². The first-order chi connectivity index (χ1) is 11.7. The maximum absolute atomic E-state index is 10.8. The molecule has 2 amide bonds. The molecule has 0 rings (SSSR count). The second-order valence-corrected chi connectivity index (χ2v) is 4.33. The quantitative estimate of drug-likeness (QED) is 0.169. The summed E-state index contributed by atoms with van der Waals surface area (Å²) < 4.78 is 4.50. The van der Waals surface area contributed by atoms with E-state index in [0.29, 0.717) is 13.1 Å². The van der Waals surface area contributed by atoms with Crippen LogP contribution in [0.1, 0.15) is 7.43 Å². The number of aliphatic hydroxyl groups excluding tert-OH is 2. The van der Waals surface area contributed by atoms with Crippen LogP contribution in [0.3, 0.4) is 0 Å². The standard InChI is InChI=1S/C6H12N2O5.C6H12N2O4.CH4/c7-1-2-8-5(11)3(9)4(10)6(12)13;7-1-2-8-5(9)3-12-4-6(10)11;/h3-4,9-10H,1-2,7H2,(H,8,11)(H,12,13);1-4,7H2,(H,8,9)(H,10,11);1H4/t3-,4+;;/m1../s1. The van der Waals surface area contributed by atoms with Crippen molar-refractivity contribution in [2.75, 3.05) is 39.4 Å². The first-order valence-electron chi connectivity index (χ1n) is 7.00. The Balaban J connectivity index is -0.000000393. The molecule has 0 spiro atoms. The zero-order chi connectivity index (χ0) is 19.8. The van der Waals surface area contributed by atoms with Gasteiger partial charge in [0.25, 0.3) is 5.91 Å². The van der Waals surface area contributed by atoms with Gasteiger partial charge in [0.05, 0.1) is 0 Å². The van der Waals surface area contributed by atoms with Crippen molar-refractivity contribution >= 4 is 23.8 Å². The zero-order valence-electron chi connectivity index (χ0n) is 13.4. The summed E-state index contributed by atoms with van der Waals surface area (Å²) in [6.07, 6.45) is -4.08. The highest BCUT2D eigenvalue weighted by molar-refractivity contribution is 5.87. The number of carbonyl (C=O) groups excluding carboxylic acids is 2. The van der Waals surface area contributed by atoms with Crippen molar-refractivity contribution in [3.05, 3.63) is 0 Å². The summed E-state index contributed by atoms with van der Waals surface area (Å²) in [7, 11) is 0. The third kappa shape index (κ3) is 16.5. The van der Waals surface area contributed by atoms with Crippen LogP contribution in [0.15, 0.2) is 0 Å². The Bertz CT molecular complexity index is 434. The molecule has 0 aromatic rings. The minimum absolute atomic E-state index is 0. The first-order valence-corrected chi connectivity index (χ1v) is 7.00. The number of aliphatic carboxylic acids is 2. The summed E-state index contributed by atoms with van der Waals surface area (Å²) in [5.74, 6) is -4.07. The van der Waals surface area contributed by atoms with Gasteiger partial charge in [-0.25, -0.2) is 9.59 Å². The second-order valence-electron chi connectivity index (χ2n) is 4.33. The molecule has 0 aliphatic rings. The summed E-state index contributed by atoms with van der Waals surface area (Å²) in [5, 5.41) is 38.5. The van der Waals surface area contributed by atoms with Gasteiger partial charge in [0, 0.05) is 26.2 Å². The van der Waals surface area contributed by atoms with Crippen molar-refractivity contribution in [3.8, 4) is 0 Å². The van der Waals surface area contributed by atoms with Crippen LogP contribution < -0.4 is 22.1 Å². The van der Waals surface area contributed by atoms with Crippen molar-refractivity contribution < 1.29 is 44.3 Å². The normalized spacial score (nSPS) is 11.7. The van der Waals surface area contributed by atoms with Gasteiger partial charge in [-0.15, -0.1) is 0 Å². The van der Waals surface area contributed by atoms with Gasteiger partial charge in [-0.05, 0) is 0 Å². The van der Waals surface area contributed by atoms with Gasteiger partial charge in [0.1, 0.15) is 13.2 Å². The van der Waals surface area contributed by atoms with Gasteiger partial charge in [0.2, 0.25) is 5.91 Å². The number of rotatable bonds is 11. The summed E-state index contributed by atoms with van der Waals surface area (Å²) in [4.78, 5) is 41.5. The molecular formula is C13H28N4O9. The number of ether oxygens (including phenoxy) is 1. The van der Waals surface area contributed by atoms with Gasteiger partial charge in [-0.3, -0.25) is 9.59 Å². The van der Waals surface area contributed by atoms with Crippen LogP contribution in [-0.2, 0) is 23.9 Å². The van der Waals surface area contributed by atoms with Crippen LogP contribution in [-0.4, -0.2) is 95.8 Å². The molecule has 2 atom stereocenters. The molecule has 26 heavy (non-hydrogen) atoms. The number of aliphatic hydroxyl groups is 2. The van der Waals surface area contributed by atoms with Crippen LogP contribution in [0.5, 0.6) is 0 Å². The SMILES string of the molecule is C.NCCNC(=O)COCC(=O)O.NCCNC(=O)[C@H](O)[C@H](O)C(=O)O. The summed E-state index contributed by atoms with van der Waals surface area (Å²) >= 11 is 0. The van der Waals surface area contributed by atoms with Crippen molar-refractivity contribution in [1.29, 1.82) is 0 Å². The Morgan fingerprint density at radius 2 is 1.38 bits per heavy atom. The molecule has 0 fully saturated rings. The highest BCUT2D eigenvalue weighted by atomic mass is 16.5. The third-order valence-electron chi connectivity index (χ3n) is 2.19. The van der Waals surface area contributed by atoms with Gasteiger partial charge in [0.15, 0.2) is 12.2 Å². The molecule has 0 unspecified atom stereocenters. The van der Waals surface area contributed by atoms with Crippen molar-refractivity contribution in [2.45, 2.75) is 19.6 Å². The maximum atomic E-state index is 10.8. The number of hydrogen-bond donors (Lipinski definition) is 8. The summed E-state index contributed by atoms with van der Waals surface area (Å²) in [5.41, 5.74) is 10.1. The molecule has 0 aromatic heterocycles. The molecule has 0 aliphatic carbocycles. The van der Waals surface area contributed by atoms with E-state index in [-0.39, 0.29) is 33.0 Å². The molecule has 154 valence electrons. The number of carboxylic acid groups (broad SMARTS) is 2. The van der Waals surface area contributed by atoms with E-state index in [0.717, 1.165) is 0 Å². The Morgan fingerprint density at radius 3 is 1.81 bits per heavy atom. The lowest BCUT2D eigenvalue weighted by atomic mass is 10.2. The predicted octanol–water partition coefficient (Wildman–Crippen LogP) is -4.33. The number of hydrogen-bond acceptors (Lipinski definition) is 9. The lowest BCUT2D eigenvalue weighted by Gasteiger charge is -2.13. The molecular weight excluding hydrogens is 356 g/mol. The van der Waals surface area contributed by atoms with Gasteiger partial charge in [-0.1, -0.05) is 7.43 Å². The molecule has 0 bridgehead atoms. The van der Waals surface area contributed by atoms with Gasteiger partial charge < -0.3 is 47.3 Å². The number of nitrogens with one attached hydrogen (secondary N) is 2. The number of amides is 2. The van der Waals surface area contributed by atoms with E-state index in [1.54, 1.807) is 0 Å². The fraction of sp³-hybridized carbons (Fsp3) is 0.692. The van der Waals surface area contributed by atoms with Crippen LogP contribution in [0.2, 0.25) is 0 Å². The molecule has 13 nitrogen and oxygen atoms in total. The van der Waals surface area contributed by atoms with Gasteiger partial charge in [-0.2, -0.15) is 0 Å². The van der Waals surface area contributed by atoms with E-state index in [2.05, 4.69) is 15.4 Å². The van der Waals surface area contributed by atoms with Crippen molar-refractivity contribution in [1.82, 2.24) is 10.6 Å². The summed E-state index contributed by atoms with van der Waals surface area (Å²) in [6, 6.07) is 0. The summed E-state index contributed by atoms with van der Waals surface area (Å²) in [6.45, 7) is 0.298. The van der Waals surface area contributed by atoms with Crippen molar-refractivity contribution in [2.24, 2.45) is 11.5 Å². The highest BCUT2D eigenvalue weighted by Gasteiger charge is 2.29. The molecule has 0 heterocycles. The average molecular weight is 384 g/mol. The smallest absolute Gasteiger partial charge is 0.335 e. The molecule has 10 N–H and O–H groups in total. The lowest BCUT2D eigenvalue weighted by molar-refractivity contribution is -0.158. The minimum Gasteiger partial charge on any atom is -0.480 e. The predicted molar refractivity (Wildman–Crippen MR) is 89.0 cm³/mol. The molecule has 0 radical (unpaired) electrons. The fourth-order valence-corrected chi connectivity index (χ4v) is 1.07. The zero-order valence-corrected chi connectivity index (χ0v) is 13.4. The molecule has 0 saturated heterocycles. The van der Waals surface area contributed by atoms with Crippen molar-refractivity contribution in [3.63, 3.8) is 0 Å². The van der Waals surface area contributed by atoms with Crippen LogP contribution >= 0.6 is 0 Å². The maximum Gasteiger partial charge on any atom is 0.335 e. The molecule has 0 aromatic carbocycles. The molecule has 0 aliphatic heterocycles. The Kier molecular flexibility index (Phi) is 19.2. The van der Waals surface area contributed by atoms with E-state index in [4.69, 9.17) is 31.9 Å². The van der Waals surface area contributed by atoms with Crippen LogP contribution in [0, 0.1) is 0 Å². The third-order valence-corrected chi connectivity index (χ3v) is 2.19. The Hall–Kier alpha value is -2.32. The van der Waals surface area contributed by atoms with E-state index >= 15 is 0 Å². The van der Waals surface area contributed by atoms with E-state index in [1.807, 2.05) is 0 Å². The Morgan fingerprint density at radius 1 is 0.885 bits per heavy atom. The largest absolute Gasteiger partial charge is 0.480 e. The van der Waals surface area contributed by atoms with E-state index in [1.165, 1.54) is 0 Å². The minimum atomic E-state index is -2.11. The monoisotopic (exact) mass is 384 g/mol. The number of nitrogens with two attached hydrogens (primary N) is 2. The number of carbonyl (C=O) groups is 4.